The fourth-order valence-corrected chi connectivity index (χ4v) is 3.65. The van der Waals surface area contributed by atoms with Gasteiger partial charge in [-0.1, -0.05) is 71.6 Å². The maximum Gasteiger partial charge on any atom is 0.311 e. The molecule has 0 saturated carbocycles. The van der Waals surface area contributed by atoms with Crippen molar-refractivity contribution in [2.45, 2.75) is 130 Å². The minimum atomic E-state index is -0.389. The molecule has 4 nitrogen and oxygen atoms in total. The van der Waals surface area contributed by atoms with E-state index in [1.54, 1.807) is 0 Å². The van der Waals surface area contributed by atoms with Gasteiger partial charge in [0.2, 0.25) is 0 Å². The Hall–Kier alpha value is -0.610. The summed E-state index contributed by atoms with van der Waals surface area (Å²) in [5.74, 6) is -0.00176. The number of nitrogens with one attached hydrogen (secondary N) is 1. The molecule has 0 aliphatic rings. The van der Waals surface area contributed by atoms with Crippen LogP contribution in [0.2, 0.25) is 0 Å². The second-order valence-corrected chi connectivity index (χ2v) is 9.25. The number of hydrogen-bond donors (Lipinski definition) is 2. The Morgan fingerprint density at radius 2 is 1.38 bits per heavy atom. The topological polar surface area (TPSA) is 58.6 Å². The Labute approximate surface area is 181 Å². The third kappa shape index (κ3) is 16.8. The first-order valence-corrected chi connectivity index (χ1v) is 12.5. The molecule has 0 bridgehead atoms. The fraction of sp³-hybridized carbons (Fsp3) is 0.960. The summed E-state index contributed by atoms with van der Waals surface area (Å²) in [6.07, 6.45) is 17.4. The molecule has 0 atom stereocenters. The molecule has 4 heteroatoms. The Bertz CT molecular complexity index is 359. The van der Waals surface area contributed by atoms with Crippen LogP contribution in [0.5, 0.6) is 0 Å². The fourth-order valence-electron chi connectivity index (χ4n) is 3.65. The van der Waals surface area contributed by atoms with Crippen molar-refractivity contribution in [2.75, 3.05) is 19.7 Å². The lowest BCUT2D eigenvalue weighted by molar-refractivity contribution is -0.161. The van der Waals surface area contributed by atoms with Gasteiger partial charge in [-0.15, -0.1) is 0 Å². The standard InChI is InChI=1S/C25H51NO3/c1-5-7-9-13-17-23(18-14-10-8-6-2)29-24(28)25(3,4)19-15-11-12-16-20-26-21-22-27/h23,26-27H,5-22H2,1-4H3. The van der Waals surface area contributed by atoms with Crippen LogP contribution in [-0.2, 0) is 9.53 Å². The Morgan fingerprint density at radius 1 is 0.828 bits per heavy atom. The molecule has 0 aliphatic carbocycles. The highest BCUT2D eigenvalue weighted by molar-refractivity contribution is 5.76. The zero-order chi connectivity index (χ0) is 21.8. The second kappa shape index (κ2) is 19.4. The van der Waals surface area contributed by atoms with E-state index in [4.69, 9.17) is 9.84 Å². The lowest BCUT2D eigenvalue weighted by atomic mass is 9.86. The first kappa shape index (κ1) is 28.4. The normalized spacial score (nSPS) is 11.9. The average molecular weight is 414 g/mol. The van der Waals surface area contributed by atoms with E-state index in [1.807, 2.05) is 13.8 Å². The van der Waals surface area contributed by atoms with Gasteiger partial charge in [-0.05, 0) is 58.9 Å². The van der Waals surface area contributed by atoms with Crippen molar-refractivity contribution in [3.8, 4) is 0 Å². The van der Waals surface area contributed by atoms with Crippen molar-refractivity contribution >= 4 is 5.97 Å². The van der Waals surface area contributed by atoms with Gasteiger partial charge in [0.25, 0.3) is 0 Å². The van der Waals surface area contributed by atoms with Gasteiger partial charge in [-0.25, -0.2) is 0 Å². The summed E-state index contributed by atoms with van der Waals surface area (Å²) >= 11 is 0. The second-order valence-electron chi connectivity index (χ2n) is 9.25. The highest BCUT2D eigenvalue weighted by Crippen LogP contribution is 2.28. The summed E-state index contributed by atoms with van der Waals surface area (Å²) in [6, 6.07) is 0. The lowest BCUT2D eigenvalue weighted by Crippen LogP contribution is -2.31. The van der Waals surface area contributed by atoms with E-state index >= 15 is 0 Å². The van der Waals surface area contributed by atoms with Crippen LogP contribution in [-0.4, -0.2) is 36.9 Å². The van der Waals surface area contributed by atoms with E-state index in [0.29, 0.717) is 6.54 Å². The summed E-state index contributed by atoms with van der Waals surface area (Å²) in [4.78, 5) is 12.8. The maximum absolute atomic E-state index is 12.8. The molecule has 0 aromatic carbocycles. The number of carbonyl (C=O) groups excluding carboxylic acids is 1. The Kier molecular flexibility index (Phi) is 19.0. The average Bonchev–Trinajstić information content (AvgIpc) is 2.70. The van der Waals surface area contributed by atoms with Crippen LogP contribution in [0.25, 0.3) is 0 Å². The van der Waals surface area contributed by atoms with Crippen molar-refractivity contribution in [1.29, 1.82) is 0 Å². The van der Waals surface area contributed by atoms with E-state index in [9.17, 15) is 4.79 Å². The number of carbonyl (C=O) groups is 1. The molecule has 29 heavy (non-hydrogen) atoms. The van der Waals surface area contributed by atoms with Crippen molar-refractivity contribution in [3.05, 3.63) is 0 Å². The first-order valence-electron chi connectivity index (χ1n) is 12.5. The predicted octanol–water partition coefficient (Wildman–Crippen LogP) is 6.40. The minimum absolute atomic E-state index is 0.00176. The predicted molar refractivity (Wildman–Crippen MR) is 124 cm³/mol. The smallest absolute Gasteiger partial charge is 0.311 e. The molecule has 0 rings (SSSR count). The van der Waals surface area contributed by atoms with Gasteiger partial charge in [-0.3, -0.25) is 4.79 Å². The van der Waals surface area contributed by atoms with E-state index < -0.39 is 0 Å². The quantitative estimate of drug-likeness (QED) is 0.169. The third-order valence-corrected chi connectivity index (χ3v) is 5.78. The third-order valence-electron chi connectivity index (χ3n) is 5.78. The number of aliphatic hydroxyl groups excluding tert-OH is 1. The molecule has 0 unspecified atom stereocenters. The minimum Gasteiger partial charge on any atom is -0.462 e. The molecular formula is C25H51NO3. The van der Waals surface area contributed by atoms with Crippen molar-refractivity contribution in [3.63, 3.8) is 0 Å². The van der Waals surface area contributed by atoms with E-state index in [-0.39, 0.29) is 24.1 Å². The number of esters is 1. The largest absolute Gasteiger partial charge is 0.462 e. The van der Waals surface area contributed by atoms with E-state index in [2.05, 4.69) is 19.2 Å². The number of unbranched alkanes of at least 4 members (excludes halogenated alkanes) is 9. The van der Waals surface area contributed by atoms with Gasteiger partial charge in [0.15, 0.2) is 0 Å². The molecule has 2 N–H and O–H groups in total. The molecule has 0 aliphatic heterocycles. The number of rotatable bonds is 21. The summed E-state index contributed by atoms with van der Waals surface area (Å²) in [5, 5.41) is 12.0. The molecule has 0 heterocycles. The number of ether oxygens (including phenoxy) is 1. The van der Waals surface area contributed by atoms with Crippen LogP contribution in [0.3, 0.4) is 0 Å². The zero-order valence-electron chi connectivity index (χ0n) is 20.1. The van der Waals surface area contributed by atoms with Crippen LogP contribution in [0.4, 0.5) is 0 Å². The molecule has 0 radical (unpaired) electrons. The van der Waals surface area contributed by atoms with Crippen LogP contribution in [0, 0.1) is 5.41 Å². The molecule has 0 spiro atoms. The summed E-state index contributed by atoms with van der Waals surface area (Å²) in [6.45, 7) is 10.4. The highest BCUT2D eigenvalue weighted by atomic mass is 16.5. The van der Waals surface area contributed by atoms with Crippen LogP contribution >= 0.6 is 0 Å². The summed E-state index contributed by atoms with van der Waals surface area (Å²) in [5.41, 5.74) is -0.389. The number of aliphatic hydroxyl groups is 1. The van der Waals surface area contributed by atoms with E-state index in [0.717, 1.165) is 45.1 Å². The monoisotopic (exact) mass is 413 g/mol. The Balaban J connectivity index is 4.23. The summed E-state index contributed by atoms with van der Waals surface area (Å²) in [7, 11) is 0. The molecule has 0 fully saturated rings. The highest BCUT2D eigenvalue weighted by Gasteiger charge is 2.30. The van der Waals surface area contributed by atoms with Crippen LogP contribution in [0.1, 0.15) is 124 Å². The van der Waals surface area contributed by atoms with Gasteiger partial charge < -0.3 is 15.2 Å². The zero-order valence-corrected chi connectivity index (χ0v) is 20.1. The maximum atomic E-state index is 12.8. The number of hydrogen-bond acceptors (Lipinski definition) is 4. The van der Waals surface area contributed by atoms with Gasteiger partial charge >= 0.3 is 5.97 Å². The SMILES string of the molecule is CCCCCCC(CCCCCC)OC(=O)C(C)(C)CCCCCCNCCO. The lowest BCUT2D eigenvalue weighted by Gasteiger charge is -2.27. The van der Waals surface area contributed by atoms with Crippen LogP contribution in [0.15, 0.2) is 0 Å². The van der Waals surface area contributed by atoms with E-state index in [1.165, 1.54) is 57.8 Å². The molecule has 0 aromatic heterocycles. The van der Waals surface area contributed by atoms with Gasteiger partial charge in [0.1, 0.15) is 6.10 Å². The summed E-state index contributed by atoms with van der Waals surface area (Å²) < 4.78 is 6.03. The van der Waals surface area contributed by atoms with Gasteiger partial charge in [0, 0.05) is 6.54 Å². The van der Waals surface area contributed by atoms with Crippen LogP contribution < -0.4 is 5.32 Å². The Morgan fingerprint density at radius 3 is 1.93 bits per heavy atom. The van der Waals surface area contributed by atoms with Gasteiger partial charge in [-0.2, -0.15) is 0 Å². The molecular weight excluding hydrogens is 362 g/mol. The first-order chi connectivity index (χ1) is 14.0. The van der Waals surface area contributed by atoms with Gasteiger partial charge in [0.05, 0.1) is 12.0 Å². The molecule has 0 aromatic rings. The van der Waals surface area contributed by atoms with Crippen molar-refractivity contribution < 1.29 is 14.6 Å². The van der Waals surface area contributed by atoms with Crippen molar-refractivity contribution in [2.24, 2.45) is 5.41 Å². The van der Waals surface area contributed by atoms with Crippen molar-refractivity contribution in [1.82, 2.24) is 5.32 Å². The molecule has 174 valence electrons. The molecule has 0 saturated heterocycles. The molecule has 0 amide bonds.